The molecule has 1 amide bonds. The van der Waals surface area contributed by atoms with E-state index in [9.17, 15) is 9.59 Å². The topological polar surface area (TPSA) is 84.9 Å². The van der Waals surface area contributed by atoms with Gasteiger partial charge in [0.2, 0.25) is 0 Å². The number of nitrogens with zero attached hydrogens (tertiary/aromatic N) is 4. The van der Waals surface area contributed by atoms with Gasteiger partial charge in [0.15, 0.2) is 18.2 Å². The van der Waals surface area contributed by atoms with Crippen molar-refractivity contribution in [2.45, 2.75) is 13.8 Å². The summed E-state index contributed by atoms with van der Waals surface area (Å²) in [5, 5.41) is 8.78. The summed E-state index contributed by atoms with van der Waals surface area (Å²) in [6.07, 6.45) is 0. The van der Waals surface area contributed by atoms with Crippen LogP contribution in [0.5, 0.6) is 11.5 Å². The zero-order valence-electron chi connectivity index (χ0n) is 19.4. The molecule has 4 rings (SSSR count). The van der Waals surface area contributed by atoms with Crippen molar-refractivity contribution in [1.29, 1.82) is 0 Å². The highest BCUT2D eigenvalue weighted by atomic mass is 16.5. The van der Waals surface area contributed by atoms with Gasteiger partial charge in [-0.25, -0.2) is 0 Å². The van der Waals surface area contributed by atoms with E-state index in [0.29, 0.717) is 44.1 Å². The number of carbonyl (C=O) groups excluding carboxylic acids is 2. The van der Waals surface area contributed by atoms with E-state index in [1.807, 2.05) is 43.3 Å². The molecular weight excluding hydrogens is 432 g/mol. The number of amides is 1. The van der Waals surface area contributed by atoms with Crippen LogP contribution in [0, 0.1) is 0 Å². The summed E-state index contributed by atoms with van der Waals surface area (Å²) in [6.45, 7) is 6.61. The summed E-state index contributed by atoms with van der Waals surface area (Å²) in [5.74, 6) is 2.13. The third-order valence-electron chi connectivity index (χ3n) is 5.69. The van der Waals surface area contributed by atoms with Crippen LogP contribution in [-0.4, -0.2) is 66.2 Å². The molecule has 34 heavy (non-hydrogen) atoms. The Morgan fingerprint density at radius 2 is 1.47 bits per heavy atom. The lowest BCUT2D eigenvalue weighted by atomic mass is 10.1. The summed E-state index contributed by atoms with van der Waals surface area (Å²) < 4.78 is 11.1. The zero-order valence-corrected chi connectivity index (χ0v) is 19.4. The summed E-state index contributed by atoms with van der Waals surface area (Å²) in [4.78, 5) is 27.8. The molecule has 0 radical (unpaired) electrons. The first-order chi connectivity index (χ1) is 16.5. The van der Waals surface area contributed by atoms with Crippen LogP contribution in [0.25, 0.3) is 11.3 Å². The Morgan fingerprint density at radius 1 is 0.824 bits per heavy atom. The summed E-state index contributed by atoms with van der Waals surface area (Å²) in [7, 11) is 0. The van der Waals surface area contributed by atoms with Gasteiger partial charge in [-0.3, -0.25) is 9.59 Å². The molecule has 8 heteroatoms. The smallest absolute Gasteiger partial charge is 0.260 e. The molecule has 2 heterocycles. The van der Waals surface area contributed by atoms with Gasteiger partial charge >= 0.3 is 0 Å². The number of piperazine rings is 1. The SMILES string of the molecule is CCOc1ccc(-c2ccc(N3CCN(C(=O)COc4ccc(C(C)=O)cc4)CC3)nn2)cc1. The van der Waals surface area contributed by atoms with E-state index in [4.69, 9.17) is 9.47 Å². The lowest BCUT2D eigenvalue weighted by Crippen LogP contribution is -2.50. The molecule has 0 unspecified atom stereocenters. The van der Waals surface area contributed by atoms with Crippen LogP contribution in [0.15, 0.2) is 60.7 Å². The molecule has 0 aliphatic carbocycles. The summed E-state index contributed by atoms with van der Waals surface area (Å²) >= 11 is 0. The van der Waals surface area contributed by atoms with Gasteiger partial charge in [-0.1, -0.05) is 0 Å². The molecule has 2 aromatic carbocycles. The Kier molecular flexibility index (Phi) is 7.37. The number of carbonyl (C=O) groups is 2. The van der Waals surface area contributed by atoms with E-state index in [1.54, 1.807) is 29.2 Å². The van der Waals surface area contributed by atoms with Crippen molar-refractivity contribution in [3.8, 4) is 22.8 Å². The first-order valence-electron chi connectivity index (χ1n) is 11.4. The molecule has 1 aliphatic heterocycles. The van der Waals surface area contributed by atoms with E-state index in [-0.39, 0.29) is 18.3 Å². The van der Waals surface area contributed by atoms with Gasteiger partial charge in [-0.2, -0.15) is 0 Å². The fourth-order valence-corrected chi connectivity index (χ4v) is 3.74. The second-order valence-electron chi connectivity index (χ2n) is 7.97. The Labute approximate surface area is 199 Å². The Bertz CT molecular complexity index is 1110. The van der Waals surface area contributed by atoms with Crippen molar-refractivity contribution in [3.63, 3.8) is 0 Å². The third-order valence-corrected chi connectivity index (χ3v) is 5.69. The molecule has 0 saturated carbocycles. The van der Waals surface area contributed by atoms with Crippen LogP contribution in [0.3, 0.4) is 0 Å². The van der Waals surface area contributed by atoms with Crippen LogP contribution < -0.4 is 14.4 Å². The highest BCUT2D eigenvalue weighted by Gasteiger charge is 2.22. The van der Waals surface area contributed by atoms with Crippen molar-refractivity contribution < 1.29 is 19.1 Å². The maximum absolute atomic E-state index is 12.5. The molecule has 1 aromatic heterocycles. The zero-order chi connectivity index (χ0) is 23.9. The van der Waals surface area contributed by atoms with Gasteiger partial charge < -0.3 is 19.3 Å². The van der Waals surface area contributed by atoms with E-state index in [2.05, 4.69) is 15.1 Å². The van der Waals surface area contributed by atoms with Gasteiger partial charge in [-0.05, 0) is 74.5 Å². The quantitative estimate of drug-likeness (QED) is 0.476. The molecular formula is C26H28N4O4. The minimum Gasteiger partial charge on any atom is -0.494 e. The largest absolute Gasteiger partial charge is 0.494 e. The molecule has 0 bridgehead atoms. The Morgan fingerprint density at radius 3 is 2.06 bits per heavy atom. The van der Waals surface area contributed by atoms with Crippen LogP contribution in [-0.2, 0) is 4.79 Å². The molecule has 3 aromatic rings. The number of ketones is 1. The minimum atomic E-state index is -0.0628. The molecule has 0 spiro atoms. The fourth-order valence-electron chi connectivity index (χ4n) is 3.74. The normalized spacial score (nSPS) is 13.5. The molecule has 1 aliphatic rings. The number of Topliss-reactive ketones (excluding diaryl/α,β-unsaturated/α-hetero) is 1. The van der Waals surface area contributed by atoms with Gasteiger partial charge in [0.1, 0.15) is 11.5 Å². The first kappa shape index (κ1) is 23.2. The van der Waals surface area contributed by atoms with Crippen molar-refractivity contribution in [2.75, 3.05) is 44.3 Å². The van der Waals surface area contributed by atoms with Gasteiger partial charge in [0.25, 0.3) is 5.91 Å². The van der Waals surface area contributed by atoms with Crippen molar-refractivity contribution in [1.82, 2.24) is 15.1 Å². The molecule has 8 nitrogen and oxygen atoms in total. The maximum atomic E-state index is 12.5. The molecule has 0 atom stereocenters. The average Bonchev–Trinajstić information content (AvgIpc) is 2.88. The van der Waals surface area contributed by atoms with Crippen LogP contribution in [0.2, 0.25) is 0 Å². The van der Waals surface area contributed by atoms with Crippen molar-refractivity contribution in [3.05, 3.63) is 66.2 Å². The van der Waals surface area contributed by atoms with Crippen LogP contribution in [0.1, 0.15) is 24.2 Å². The van der Waals surface area contributed by atoms with E-state index in [0.717, 1.165) is 22.8 Å². The standard InChI is InChI=1S/C26H28N4O4/c1-3-33-22-10-6-21(7-11-22)24-12-13-25(28-27-24)29-14-16-30(17-15-29)26(32)18-34-23-8-4-20(5-9-23)19(2)31/h4-13H,3,14-18H2,1-2H3. The van der Waals surface area contributed by atoms with Crippen molar-refractivity contribution >= 4 is 17.5 Å². The molecule has 1 fully saturated rings. The van der Waals surface area contributed by atoms with E-state index in [1.165, 1.54) is 6.92 Å². The highest BCUT2D eigenvalue weighted by molar-refractivity contribution is 5.94. The monoisotopic (exact) mass is 460 g/mol. The number of hydrogen-bond donors (Lipinski definition) is 0. The summed E-state index contributed by atoms with van der Waals surface area (Å²) in [5.41, 5.74) is 2.40. The number of hydrogen-bond acceptors (Lipinski definition) is 7. The first-order valence-corrected chi connectivity index (χ1v) is 11.4. The van der Waals surface area contributed by atoms with Gasteiger partial charge in [0.05, 0.1) is 12.3 Å². The Balaban J connectivity index is 1.26. The Hall–Kier alpha value is -3.94. The highest BCUT2D eigenvalue weighted by Crippen LogP contribution is 2.22. The number of anilines is 1. The van der Waals surface area contributed by atoms with Crippen LogP contribution >= 0.6 is 0 Å². The number of rotatable bonds is 8. The third kappa shape index (κ3) is 5.70. The lowest BCUT2D eigenvalue weighted by Gasteiger charge is -2.35. The predicted molar refractivity (Wildman–Crippen MR) is 129 cm³/mol. The van der Waals surface area contributed by atoms with E-state index < -0.39 is 0 Å². The number of benzene rings is 2. The molecule has 1 saturated heterocycles. The second kappa shape index (κ2) is 10.8. The predicted octanol–water partition coefficient (Wildman–Crippen LogP) is 3.47. The van der Waals surface area contributed by atoms with Gasteiger partial charge in [-0.15, -0.1) is 10.2 Å². The van der Waals surface area contributed by atoms with Crippen molar-refractivity contribution in [2.24, 2.45) is 0 Å². The molecule has 176 valence electrons. The average molecular weight is 461 g/mol. The number of aromatic nitrogens is 2. The van der Waals surface area contributed by atoms with Crippen LogP contribution in [0.4, 0.5) is 5.82 Å². The second-order valence-corrected chi connectivity index (χ2v) is 7.97. The molecule has 0 N–H and O–H groups in total. The van der Waals surface area contributed by atoms with Gasteiger partial charge in [0, 0.05) is 37.3 Å². The summed E-state index contributed by atoms with van der Waals surface area (Å²) in [6, 6.07) is 18.5. The maximum Gasteiger partial charge on any atom is 0.260 e. The van der Waals surface area contributed by atoms with E-state index >= 15 is 0 Å². The minimum absolute atomic E-state index is 0.00371. The lowest BCUT2D eigenvalue weighted by molar-refractivity contribution is -0.133. The fraction of sp³-hybridized carbons (Fsp3) is 0.308. The number of ether oxygens (including phenoxy) is 2.